The highest BCUT2D eigenvalue weighted by Gasteiger charge is 2.09. The highest BCUT2D eigenvalue weighted by atomic mass is 16.5. The number of amides is 1. The van der Waals surface area contributed by atoms with Crippen LogP contribution in [0.4, 0.5) is 0 Å². The van der Waals surface area contributed by atoms with Crippen molar-refractivity contribution in [2.45, 2.75) is 19.9 Å². The second kappa shape index (κ2) is 7.28. The maximum atomic E-state index is 11.9. The van der Waals surface area contributed by atoms with Gasteiger partial charge >= 0.3 is 0 Å². The second-order valence-corrected chi connectivity index (χ2v) is 4.51. The van der Waals surface area contributed by atoms with Crippen LogP contribution in [0.1, 0.15) is 31.3 Å². The molecule has 0 saturated carbocycles. The maximum Gasteiger partial charge on any atom is 0.244 e. The minimum Gasteiger partial charge on any atom is -0.493 e. The van der Waals surface area contributed by atoms with Crippen LogP contribution in [0.15, 0.2) is 42.7 Å². The Balaban J connectivity index is 1.99. The number of carbonyl (C=O) groups is 1. The standard InChI is InChI=1S/C16H19N3O2/c1-3-21-14-7-5-4-6-13(14)8-9-15(20)19-12(2)16-17-10-11-18-16/h4-12H,3H2,1-2H3,(H,17,18)(H,19,20)/b9-8+. The van der Waals surface area contributed by atoms with E-state index in [9.17, 15) is 4.79 Å². The van der Waals surface area contributed by atoms with Crippen molar-refractivity contribution in [2.24, 2.45) is 0 Å². The van der Waals surface area contributed by atoms with Crippen LogP contribution < -0.4 is 10.1 Å². The lowest BCUT2D eigenvalue weighted by Gasteiger charge is -2.09. The van der Waals surface area contributed by atoms with Crippen LogP contribution >= 0.6 is 0 Å². The summed E-state index contributed by atoms with van der Waals surface area (Å²) in [5.74, 6) is 1.32. The Morgan fingerprint density at radius 2 is 2.29 bits per heavy atom. The second-order valence-electron chi connectivity index (χ2n) is 4.51. The summed E-state index contributed by atoms with van der Waals surface area (Å²) in [6.07, 6.45) is 6.63. The van der Waals surface area contributed by atoms with E-state index < -0.39 is 0 Å². The molecule has 1 atom stereocenters. The number of para-hydroxylation sites is 1. The Hall–Kier alpha value is -2.56. The molecule has 1 unspecified atom stereocenters. The van der Waals surface area contributed by atoms with E-state index >= 15 is 0 Å². The van der Waals surface area contributed by atoms with Crippen molar-refractivity contribution in [1.29, 1.82) is 0 Å². The molecule has 2 N–H and O–H groups in total. The molecule has 0 aliphatic heterocycles. The fraction of sp³-hybridized carbons (Fsp3) is 0.250. The van der Waals surface area contributed by atoms with Gasteiger partial charge in [-0.15, -0.1) is 0 Å². The van der Waals surface area contributed by atoms with Crippen molar-refractivity contribution >= 4 is 12.0 Å². The SMILES string of the molecule is CCOc1ccccc1/C=C/C(=O)NC(C)c1ncc[nH]1. The van der Waals surface area contributed by atoms with Gasteiger partial charge < -0.3 is 15.0 Å². The average Bonchev–Trinajstić information content (AvgIpc) is 3.01. The Bertz CT molecular complexity index is 606. The summed E-state index contributed by atoms with van der Waals surface area (Å²) in [5.41, 5.74) is 0.875. The van der Waals surface area contributed by atoms with E-state index in [4.69, 9.17) is 4.74 Å². The highest BCUT2D eigenvalue weighted by molar-refractivity contribution is 5.92. The lowest BCUT2D eigenvalue weighted by atomic mass is 10.2. The van der Waals surface area contributed by atoms with Gasteiger partial charge in [0.2, 0.25) is 5.91 Å². The van der Waals surface area contributed by atoms with E-state index in [1.807, 2.05) is 38.1 Å². The Labute approximate surface area is 124 Å². The zero-order chi connectivity index (χ0) is 15.1. The molecular formula is C16H19N3O2. The lowest BCUT2D eigenvalue weighted by molar-refractivity contribution is -0.117. The molecule has 0 bridgehead atoms. The molecular weight excluding hydrogens is 266 g/mol. The van der Waals surface area contributed by atoms with Gasteiger partial charge in [0, 0.05) is 24.0 Å². The monoisotopic (exact) mass is 285 g/mol. The predicted octanol–water partition coefficient (Wildman–Crippen LogP) is 2.70. The molecule has 0 aliphatic carbocycles. The Morgan fingerprint density at radius 3 is 3.00 bits per heavy atom. The van der Waals surface area contributed by atoms with Gasteiger partial charge in [-0.05, 0) is 26.0 Å². The summed E-state index contributed by atoms with van der Waals surface area (Å²) in [6, 6.07) is 7.43. The third kappa shape index (κ3) is 4.21. The average molecular weight is 285 g/mol. The molecule has 1 heterocycles. The smallest absolute Gasteiger partial charge is 0.244 e. The summed E-state index contributed by atoms with van der Waals surface area (Å²) >= 11 is 0. The molecule has 0 aliphatic rings. The molecule has 1 amide bonds. The minimum absolute atomic E-state index is 0.167. The number of carbonyl (C=O) groups excluding carboxylic acids is 1. The van der Waals surface area contributed by atoms with E-state index in [1.165, 1.54) is 6.08 Å². The summed E-state index contributed by atoms with van der Waals surface area (Å²) in [4.78, 5) is 19.0. The number of nitrogens with one attached hydrogen (secondary N) is 2. The van der Waals surface area contributed by atoms with Gasteiger partial charge in [0.15, 0.2) is 0 Å². The summed E-state index contributed by atoms with van der Waals surface area (Å²) < 4.78 is 5.51. The van der Waals surface area contributed by atoms with Gasteiger partial charge in [-0.2, -0.15) is 0 Å². The van der Waals surface area contributed by atoms with Crippen LogP contribution in [-0.4, -0.2) is 22.5 Å². The molecule has 1 aromatic heterocycles. The normalized spacial score (nSPS) is 12.3. The molecule has 0 saturated heterocycles. The van der Waals surface area contributed by atoms with Crippen molar-refractivity contribution in [3.63, 3.8) is 0 Å². The van der Waals surface area contributed by atoms with Gasteiger partial charge in [-0.1, -0.05) is 18.2 Å². The molecule has 110 valence electrons. The molecule has 0 radical (unpaired) electrons. The number of aromatic nitrogens is 2. The van der Waals surface area contributed by atoms with E-state index in [1.54, 1.807) is 18.5 Å². The molecule has 0 fully saturated rings. The van der Waals surface area contributed by atoms with E-state index in [-0.39, 0.29) is 11.9 Å². The molecule has 0 spiro atoms. The van der Waals surface area contributed by atoms with Crippen molar-refractivity contribution in [2.75, 3.05) is 6.61 Å². The van der Waals surface area contributed by atoms with Crippen LogP contribution in [-0.2, 0) is 4.79 Å². The topological polar surface area (TPSA) is 67.0 Å². The fourth-order valence-corrected chi connectivity index (χ4v) is 1.91. The maximum absolute atomic E-state index is 11.9. The summed E-state index contributed by atoms with van der Waals surface area (Å²) in [7, 11) is 0. The third-order valence-electron chi connectivity index (χ3n) is 2.92. The zero-order valence-electron chi connectivity index (χ0n) is 12.2. The Morgan fingerprint density at radius 1 is 1.48 bits per heavy atom. The van der Waals surface area contributed by atoms with Crippen LogP contribution in [0.3, 0.4) is 0 Å². The van der Waals surface area contributed by atoms with Gasteiger partial charge in [0.05, 0.1) is 12.6 Å². The molecule has 2 rings (SSSR count). The number of imidazole rings is 1. The van der Waals surface area contributed by atoms with Gasteiger partial charge in [0.25, 0.3) is 0 Å². The van der Waals surface area contributed by atoms with Crippen LogP contribution in [0.5, 0.6) is 5.75 Å². The highest BCUT2D eigenvalue weighted by Crippen LogP contribution is 2.19. The number of hydrogen-bond donors (Lipinski definition) is 2. The van der Waals surface area contributed by atoms with Gasteiger partial charge in [-0.25, -0.2) is 4.98 Å². The van der Waals surface area contributed by atoms with Crippen molar-refractivity contribution in [1.82, 2.24) is 15.3 Å². The van der Waals surface area contributed by atoms with Crippen molar-refractivity contribution < 1.29 is 9.53 Å². The van der Waals surface area contributed by atoms with Crippen molar-refractivity contribution in [3.8, 4) is 5.75 Å². The number of hydrogen-bond acceptors (Lipinski definition) is 3. The first-order valence-corrected chi connectivity index (χ1v) is 6.90. The van der Waals surface area contributed by atoms with Gasteiger partial charge in [-0.3, -0.25) is 4.79 Å². The van der Waals surface area contributed by atoms with Crippen molar-refractivity contribution in [3.05, 3.63) is 54.1 Å². The number of benzene rings is 1. The quantitative estimate of drug-likeness (QED) is 0.802. The van der Waals surface area contributed by atoms with E-state index in [2.05, 4.69) is 15.3 Å². The lowest BCUT2D eigenvalue weighted by Crippen LogP contribution is -2.25. The molecule has 2 aromatic rings. The minimum atomic E-state index is -0.176. The van der Waals surface area contributed by atoms with Gasteiger partial charge in [0.1, 0.15) is 11.6 Å². The summed E-state index contributed by atoms with van der Waals surface area (Å²) in [5, 5.41) is 2.84. The number of aromatic amines is 1. The molecule has 5 heteroatoms. The summed E-state index contributed by atoms with van der Waals surface area (Å²) in [6.45, 7) is 4.39. The first-order chi connectivity index (χ1) is 10.2. The third-order valence-corrected chi connectivity index (χ3v) is 2.92. The molecule has 1 aromatic carbocycles. The zero-order valence-corrected chi connectivity index (χ0v) is 12.2. The number of H-pyrrole nitrogens is 1. The van der Waals surface area contributed by atoms with E-state index in [0.717, 1.165) is 17.1 Å². The predicted molar refractivity (Wildman–Crippen MR) is 81.8 cm³/mol. The largest absolute Gasteiger partial charge is 0.493 e. The number of ether oxygens (including phenoxy) is 1. The first kappa shape index (κ1) is 14.8. The van der Waals surface area contributed by atoms with Crippen LogP contribution in [0.25, 0.3) is 6.08 Å². The number of nitrogens with zero attached hydrogens (tertiary/aromatic N) is 1. The molecule has 21 heavy (non-hydrogen) atoms. The molecule has 5 nitrogen and oxygen atoms in total. The number of rotatable bonds is 6. The fourth-order valence-electron chi connectivity index (χ4n) is 1.91. The Kier molecular flexibility index (Phi) is 5.15. The first-order valence-electron chi connectivity index (χ1n) is 6.90. The van der Waals surface area contributed by atoms with Crippen LogP contribution in [0.2, 0.25) is 0 Å². The van der Waals surface area contributed by atoms with Crippen LogP contribution in [0, 0.1) is 0 Å². The van der Waals surface area contributed by atoms with E-state index in [0.29, 0.717) is 6.61 Å².